The lowest BCUT2D eigenvalue weighted by Gasteiger charge is -2.31. The van der Waals surface area contributed by atoms with E-state index in [1.165, 1.54) is 25.7 Å². The number of rotatable bonds is 4. The van der Waals surface area contributed by atoms with Crippen molar-refractivity contribution >= 4 is 0 Å². The molecular formula is C14H29NO. The van der Waals surface area contributed by atoms with Crippen LogP contribution in [0.4, 0.5) is 0 Å². The van der Waals surface area contributed by atoms with Crippen molar-refractivity contribution < 1.29 is 4.74 Å². The Morgan fingerprint density at radius 3 is 2.06 bits per heavy atom. The van der Waals surface area contributed by atoms with Crippen molar-refractivity contribution in [2.75, 3.05) is 7.05 Å². The average molecular weight is 227 g/mol. The van der Waals surface area contributed by atoms with Crippen LogP contribution in [0.1, 0.15) is 53.4 Å². The second kappa shape index (κ2) is 8.49. The SMILES string of the molecule is C=C(NC)OC1CCC(C(C)C)CC1.CC. The third-order valence-corrected chi connectivity index (χ3v) is 3.25. The minimum atomic E-state index is 0.393. The normalized spacial score (nSPS) is 24.4. The highest BCUT2D eigenvalue weighted by Crippen LogP contribution is 2.31. The lowest BCUT2D eigenvalue weighted by atomic mass is 9.80. The van der Waals surface area contributed by atoms with Crippen molar-refractivity contribution in [2.24, 2.45) is 11.8 Å². The van der Waals surface area contributed by atoms with Crippen LogP contribution in [-0.2, 0) is 4.74 Å². The Morgan fingerprint density at radius 1 is 1.19 bits per heavy atom. The Morgan fingerprint density at radius 2 is 1.69 bits per heavy atom. The lowest BCUT2D eigenvalue weighted by Crippen LogP contribution is -2.25. The van der Waals surface area contributed by atoms with E-state index in [2.05, 4.69) is 25.7 Å². The van der Waals surface area contributed by atoms with E-state index in [4.69, 9.17) is 4.74 Å². The van der Waals surface area contributed by atoms with Gasteiger partial charge in [-0.25, -0.2) is 0 Å². The fraction of sp³-hybridized carbons (Fsp3) is 0.857. The van der Waals surface area contributed by atoms with E-state index in [-0.39, 0.29) is 0 Å². The minimum absolute atomic E-state index is 0.393. The lowest BCUT2D eigenvalue weighted by molar-refractivity contribution is 0.0523. The van der Waals surface area contributed by atoms with Crippen LogP contribution in [0.25, 0.3) is 0 Å². The molecule has 0 spiro atoms. The summed E-state index contributed by atoms with van der Waals surface area (Å²) in [4.78, 5) is 0. The highest BCUT2D eigenvalue weighted by atomic mass is 16.5. The summed E-state index contributed by atoms with van der Waals surface area (Å²) in [5, 5.41) is 2.93. The molecule has 0 saturated heterocycles. The van der Waals surface area contributed by atoms with Gasteiger partial charge in [0.25, 0.3) is 0 Å². The first-order chi connectivity index (χ1) is 7.63. The van der Waals surface area contributed by atoms with Gasteiger partial charge in [0.2, 0.25) is 0 Å². The molecule has 0 unspecified atom stereocenters. The van der Waals surface area contributed by atoms with Gasteiger partial charge in [-0.2, -0.15) is 0 Å². The van der Waals surface area contributed by atoms with Crippen molar-refractivity contribution in [1.82, 2.24) is 5.32 Å². The molecule has 0 amide bonds. The quantitative estimate of drug-likeness (QED) is 0.735. The summed E-state index contributed by atoms with van der Waals surface area (Å²) in [5.74, 6) is 2.43. The van der Waals surface area contributed by atoms with Crippen molar-refractivity contribution in [3.05, 3.63) is 12.5 Å². The van der Waals surface area contributed by atoms with Crippen LogP contribution in [0.2, 0.25) is 0 Å². The molecule has 1 aliphatic rings. The van der Waals surface area contributed by atoms with Crippen LogP contribution in [0.3, 0.4) is 0 Å². The van der Waals surface area contributed by atoms with Crippen LogP contribution >= 0.6 is 0 Å². The van der Waals surface area contributed by atoms with Gasteiger partial charge >= 0.3 is 0 Å². The molecule has 1 rings (SSSR count). The highest BCUT2D eigenvalue weighted by molar-refractivity contribution is 4.82. The molecular weight excluding hydrogens is 198 g/mol. The molecule has 2 nitrogen and oxygen atoms in total. The molecule has 1 aliphatic carbocycles. The molecule has 0 radical (unpaired) electrons. The minimum Gasteiger partial charge on any atom is -0.476 e. The predicted octanol–water partition coefficient (Wildman–Crippen LogP) is 3.93. The largest absolute Gasteiger partial charge is 0.476 e. The second-order valence-corrected chi connectivity index (χ2v) is 4.57. The summed E-state index contributed by atoms with van der Waals surface area (Å²) >= 11 is 0. The second-order valence-electron chi connectivity index (χ2n) is 4.57. The molecule has 1 N–H and O–H groups in total. The predicted molar refractivity (Wildman–Crippen MR) is 71.2 cm³/mol. The zero-order chi connectivity index (χ0) is 12.6. The average Bonchev–Trinajstić information content (AvgIpc) is 2.32. The fourth-order valence-electron chi connectivity index (χ4n) is 2.13. The van der Waals surface area contributed by atoms with Gasteiger partial charge in [0.05, 0.1) is 0 Å². The summed E-state index contributed by atoms with van der Waals surface area (Å²) in [6, 6.07) is 0. The molecule has 0 aliphatic heterocycles. The van der Waals surface area contributed by atoms with Crippen LogP contribution in [0.15, 0.2) is 12.5 Å². The van der Waals surface area contributed by atoms with E-state index < -0.39 is 0 Å². The van der Waals surface area contributed by atoms with E-state index in [9.17, 15) is 0 Å². The third kappa shape index (κ3) is 5.43. The van der Waals surface area contributed by atoms with E-state index in [1.807, 2.05) is 20.9 Å². The van der Waals surface area contributed by atoms with Crippen LogP contribution in [0, 0.1) is 11.8 Å². The topological polar surface area (TPSA) is 21.3 Å². The Hall–Kier alpha value is -0.660. The van der Waals surface area contributed by atoms with E-state index in [0.717, 1.165) is 11.8 Å². The molecule has 16 heavy (non-hydrogen) atoms. The smallest absolute Gasteiger partial charge is 0.179 e. The zero-order valence-corrected chi connectivity index (χ0v) is 11.7. The molecule has 2 heteroatoms. The maximum Gasteiger partial charge on any atom is 0.179 e. The standard InChI is InChI=1S/C12H23NO.C2H6/c1-9(2)11-5-7-12(8-6-11)14-10(3)13-4;1-2/h9,11-13H,3,5-8H2,1-2,4H3;1-2H3. The van der Waals surface area contributed by atoms with Gasteiger partial charge in [-0.15, -0.1) is 0 Å². The molecule has 96 valence electrons. The van der Waals surface area contributed by atoms with Gasteiger partial charge in [-0.05, 0) is 44.1 Å². The first-order valence-electron chi connectivity index (χ1n) is 6.66. The monoisotopic (exact) mass is 227 g/mol. The molecule has 1 saturated carbocycles. The molecule has 0 aromatic heterocycles. The Balaban J connectivity index is 0.00000106. The maximum atomic E-state index is 5.66. The van der Waals surface area contributed by atoms with Crippen molar-refractivity contribution in [3.63, 3.8) is 0 Å². The zero-order valence-electron chi connectivity index (χ0n) is 11.7. The third-order valence-electron chi connectivity index (χ3n) is 3.25. The molecule has 0 aromatic rings. The molecule has 0 heterocycles. The van der Waals surface area contributed by atoms with Gasteiger partial charge in [-0.3, -0.25) is 0 Å². The first kappa shape index (κ1) is 15.3. The molecule has 0 bridgehead atoms. The van der Waals surface area contributed by atoms with Crippen LogP contribution in [-0.4, -0.2) is 13.2 Å². The molecule has 0 aromatic carbocycles. The van der Waals surface area contributed by atoms with E-state index in [0.29, 0.717) is 12.0 Å². The Kier molecular flexibility index (Phi) is 8.14. The number of ether oxygens (including phenoxy) is 1. The number of hydrogen-bond donors (Lipinski definition) is 1. The maximum absolute atomic E-state index is 5.66. The Labute approximate surface area is 101 Å². The number of nitrogens with one attached hydrogen (secondary N) is 1. The Bertz CT molecular complexity index is 181. The van der Waals surface area contributed by atoms with Gasteiger partial charge in [-0.1, -0.05) is 27.7 Å². The number of hydrogen-bond acceptors (Lipinski definition) is 2. The summed E-state index contributed by atoms with van der Waals surface area (Å²) in [6.45, 7) is 12.4. The van der Waals surface area contributed by atoms with Crippen molar-refractivity contribution in [2.45, 2.75) is 59.5 Å². The summed E-state index contributed by atoms with van der Waals surface area (Å²) in [6.07, 6.45) is 5.37. The van der Waals surface area contributed by atoms with Gasteiger partial charge in [0, 0.05) is 7.05 Å². The molecule has 1 fully saturated rings. The van der Waals surface area contributed by atoms with Crippen LogP contribution in [0.5, 0.6) is 0 Å². The van der Waals surface area contributed by atoms with Gasteiger partial charge in [0.1, 0.15) is 6.10 Å². The van der Waals surface area contributed by atoms with E-state index >= 15 is 0 Å². The highest BCUT2D eigenvalue weighted by Gasteiger charge is 2.24. The van der Waals surface area contributed by atoms with Crippen molar-refractivity contribution in [3.8, 4) is 0 Å². The van der Waals surface area contributed by atoms with Gasteiger partial charge < -0.3 is 10.1 Å². The summed E-state index contributed by atoms with van der Waals surface area (Å²) < 4.78 is 5.66. The van der Waals surface area contributed by atoms with Crippen molar-refractivity contribution in [1.29, 1.82) is 0 Å². The first-order valence-corrected chi connectivity index (χ1v) is 6.66. The summed E-state index contributed by atoms with van der Waals surface area (Å²) in [5.41, 5.74) is 0. The van der Waals surface area contributed by atoms with Gasteiger partial charge in [0.15, 0.2) is 5.88 Å². The fourth-order valence-corrected chi connectivity index (χ4v) is 2.13. The van der Waals surface area contributed by atoms with Crippen LogP contribution < -0.4 is 5.32 Å². The summed E-state index contributed by atoms with van der Waals surface area (Å²) in [7, 11) is 1.85. The molecule has 0 atom stereocenters. The van der Waals surface area contributed by atoms with E-state index in [1.54, 1.807) is 0 Å².